The lowest BCUT2D eigenvalue weighted by Crippen LogP contribution is -2.52. The average Bonchev–Trinajstić information content (AvgIpc) is 2.93. The second kappa shape index (κ2) is 13.1. The van der Waals surface area contributed by atoms with Gasteiger partial charge in [0.1, 0.15) is 0 Å². The first-order valence-corrected chi connectivity index (χ1v) is 12.5. The summed E-state index contributed by atoms with van der Waals surface area (Å²) in [6.45, 7) is 5.86. The Morgan fingerprint density at radius 2 is 0.816 bits per heavy atom. The van der Waals surface area contributed by atoms with Gasteiger partial charge in [-0.3, -0.25) is 19.2 Å². The molecule has 0 saturated carbocycles. The monoisotopic (exact) mass is 538 g/mol. The summed E-state index contributed by atoms with van der Waals surface area (Å²) in [5.41, 5.74) is -2.15. The largest absolute Gasteiger partial charge is 0.465 e. The van der Waals surface area contributed by atoms with Crippen LogP contribution in [0.1, 0.15) is 51.4 Å². The van der Waals surface area contributed by atoms with Gasteiger partial charge in [-0.25, -0.2) is 0 Å². The molecule has 12 heteroatoms. The summed E-state index contributed by atoms with van der Waals surface area (Å²) in [6.07, 6.45) is -1.68. The van der Waals surface area contributed by atoms with Gasteiger partial charge < -0.3 is 37.9 Å². The number of esters is 4. The van der Waals surface area contributed by atoms with Gasteiger partial charge in [-0.1, -0.05) is 24.3 Å². The van der Waals surface area contributed by atoms with Crippen LogP contribution in [-0.4, -0.2) is 76.7 Å². The smallest absolute Gasteiger partial charge is 0.328 e. The zero-order valence-electron chi connectivity index (χ0n) is 22.0. The van der Waals surface area contributed by atoms with Gasteiger partial charge in [-0.05, 0) is 27.7 Å². The van der Waals surface area contributed by atoms with Crippen LogP contribution in [0.5, 0.6) is 0 Å². The van der Waals surface area contributed by atoms with Crippen molar-refractivity contribution in [3.05, 3.63) is 35.4 Å². The summed E-state index contributed by atoms with van der Waals surface area (Å²) in [7, 11) is 0. The van der Waals surface area contributed by atoms with Gasteiger partial charge in [-0.2, -0.15) is 0 Å². The fraction of sp³-hybridized carbons (Fsp3) is 0.615. The second-order valence-corrected chi connectivity index (χ2v) is 8.62. The zero-order chi connectivity index (χ0) is 27.8. The van der Waals surface area contributed by atoms with Gasteiger partial charge in [0, 0.05) is 11.1 Å². The van der Waals surface area contributed by atoms with Crippen LogP contribution in [-0.2, 0) is 57.1 Å². The van der Waals surface area contributed by atoms with E-state index < -0.39 is 47.3 Å². The number of hydrogen-bond acceptors (Lipinski definition) is 12. The molecule has 2 aliphatic heterocycles. The Kier molecular flexibility index (Phi) is 10.2. The average molecular weight is 539 g/mol. The van der Waals surface area contributed by atoms with E-state index in [1.165, 1.54) is 0 Å². The quantitative estimate of drug-likeness (QED) is 0.244. The van der Waals surface area contributed by atoms with Gasteiger partial charge in [0.15, 0.2) is 12.6 Å². The summed E-state index contributed by atoms with van der Waals surface area (Å²) in [5, 5.41) is 0. The topological polar surface area (TPSA) is 142 Å². The second-order valence-electron chi connectivity index (χ2n) is 8.62. The molecule has 0 atom stereocenters. The van der Waals surface area contributed by atoms with E-state index in [0.29, 0.717) is 11.1 Å². The van der Waals surface area contributed by atoms with Gasteiger partial charge in [0.25, 0.3) is 0 Å². The predicted octanol–water partition coefficient (Wildman–Crippen LogP) is 2.00. The molecule has 0 spiro atoms. The highest BCUT2D eigenvalue weighted by Crippen LogP contribution is 2.37. The van der Waals surface area contributed by atoms with E-state index >= 15 is 0 Å². The Morgan fingerprint density at radius 3 is 1.03 bits per heavy atom. The van der Waals surface area contributed by atoms with Crippen LogP contribution < -0.4 is 0 Å². The fourth-order valence-corrected chi connectivity index (χ4v) is 3.96. The molecule has 0 aliphatic carbocycles. The number of hydrogen-bond donors (Lipinski definition) is 0. The zero-order valence-corrected chi connectivity index (χ0v) is 22.0. The van der Waals surface area contributed by atoms with Crippen LogP contribution in [0, 0.1) is 10.8 Å². The lowest BCUT2D eigenvalue weighted by Gasteiger charge is -2.36. The maximum atomic E-state index is 12.5. The number of benzene rings is 1. The maximum Gasteiger partial charge on any atom is 0.328 e. The molecule has 38 heavy (non-hydrogen) atoms. The van der Waals surface area contributed by atoms with Crippen molar-refractivity contribution in [2.75, 3.05) is 52.9 Å². The van der Waals surface area contributed by atoms with Crippen LogP contribution in [0.25, 0.3) is 0 Å². The van der Waals surface area contributed by atoms with E-state index in [1.807, 2.05) is 0 Å². The Balaban J connectivity index is 1.66. The van der Waals surface area contributed by atoms with Crippen LogP contribution in [0.15, 0.2) is 24.3 Å². The summed E-state index contributed by atoms with van der Waals surface area (Å²) in [5.74, 6) is -3.05. The van der Waals surface area contributed by atoms with E-state index in [4.69, 9.17) is 37.9 Å². The molecular weight excluding hydrogens is 504 g/mol. The maximum absolute atomic E-state index is 12.5. The highest BCUT2D eigenvalue weighted by Gasteiger charge is 2.54. The highest BCUT2D eigenvalue weighted by molar-refractivity contribution is 6.01. The molecule has 2 heterocycles. The SMILES string of the molecule is CCOC(=O)C1(C(=O)OCC)COC(c2ccc(C3OCC(C(=O)OCC)(C(=O)OCC)CO3)cc2)OC1. The number of carbonyl (C=O) groups is 4. The molecule has 2 aliphatic rings. The third kappa shape index (κ3) is 5.98. The molecule has 12 nitrogen and oxygen atoms in total. The summed E-state index contributed by atoms with van der Waals surface area (Å²) < 4.78 is 43.2. The first-order chi connectivity index (χ1) is 18.3. The Labute approximate surface area is 220 Å². The normalized spacial score (nSPS) is 19.3. The predicted molar refractivity (Wildman–Crippen MR) is 127 cm³/mol. The standard InChI is InChI=1S/C26H34O12/c1-5-31-21(27)25(22(28)32-6-2)13-35-19(36-14-25)17-9-11-18(12-10-17)20-37-15-26(16-38-20,23(29)33-7-3)24(30)34-8-4/h9-12,19-20H,5-8,13-16H2,1-4H3. The van der Waals surface area contributed by atoms with E-state index in [0.717, 1.165) is 0 Å². The van der Waals surface area contributed by atoms with Crippen molar-refractivity contribution in [2.24, 2.45) is 10.8 Å². The number of carbonyl (C=O) groups excluding carboxylic acids is 4. The molecule has 1 aromatic rings. The van der Waals surface area contributed by atoms with Gasteiger partial charge in [0.05, 0.1) is 52.9 Å². The molecular formula is C26H34O12. The van der Waals surface area contributed by atoms with Gasteiger partial charge >= 0.3 is 23.9 Å². The first kappa shape index (κ1) is 29.5. The Hall–Kier alpha value is -3.06. The molecule has 2 fully saturated rings. The molecule has 210 valence electrons. The molecule has 0 amide bonds. The van der Waals surface area contributed by atoms with E-state index in [9.17, 15) is 19.2 Å². The van der Waals surface area contributed by atoms with E-state index in [1.54, 1.807) is 52.0 Å². The van der Waals surface area contributed by atoms with E-state index in [-0.39, 0.29) is 52.9 Å². The lowest BCUT2D eigenvalue weighted by molar-refractivity contribution is -0.245. The lowest BCUT2D eigenvalue weighted by atomic mass is 9.89. The number of ether oxygens (including phenoxy) is 8. The van der Waals surface area contributed by atoms with Crippen LogP contribution in [0.4, 0.5) is 0 Å². The van der Waals surface area contributed by atoms with Crippen molar-refractivity contribution in [1.82, 2.24) is 0 Å². The fourth-order valence-electron chi connectivity index (χ4n) is 3.96. The molecule has 0 radical (unpaired) electrons. The van der Waals surface area contributed by atoms with Crippen molar-refractivity contribution in [1.29, 1.82) is 0 Å². The van der Waals surface area contributed by atoms with Crippen LogP contribution >= 0.6 is 0 Å². The van der Waals surface area contributed by atoms with Crippen molar-refractivity contribution in [3.8, 4) is 0 Å². The summed E-state index contributed by atoms with van der Waals surface area (Å²) >= 11 is 0. The molecule has 1 aromatic carbocycles. The molecule has 0 aromatic heterocycles. The van der Waals surface area contributed by atoms with Crippen molar-refractivity contribution in [3.63, 3.8) is 0 Å². The molecule has 0 N–H and O–H groups in total. The highest BCUT2D eigenvalue weighted by atomic mass is 16.7. The molecule has 3 rings (SSSR count). The van der Waals surface area contributed by atoms with Crippen LogP contribution in [0.2, 0.25) is 0 Å². The molecule has 2 saturated heterocycles. The third-order valence-corrected chi connectivity index (χ3v) is 6.07. The van der Waals surface area contributed by atoms with Gasteiger partial charge in [0.2, 0.25) is 10.8 Å². The van der Waals surface area contributed by atoms with Crippen LogP contribution in [0.3, 0.4) is 0 Å². The number of rotatable bonds is 10. The summed E-state index contributed by atoms with van der Waals surface area (Å²) in [6, 6.07) is 6.86. The first-order valence-electron chi connectivity index (χ1n) is 12.5. The minimum absolute atomic E-state index is 0.0941. The third-order valence-electron chi connectivity index (χ3n) is 6.07. The minimum atomic E-state index is -1.70. The van der Waals surface area contributed by atoms with Crippen molar-refractivity contribution in [2.45, 2.75) is 40.3 Å². The van der Waals surface area contributed by atoms with Crippen molar-refractivity contribution >= 4 is 23.9 Å². The van der Waals surface area contributed by atoms with Crippen molar-refractivity contribution < 1.29 is 57.1 Å². The van der Waals surface area contributed by atoms with E-state index in [2.05, 4.69) is 0 Å². The minimum Gasteiger partial charge on any atom is -0.465 e. The van der Waals surface area contributed by atoms with Gasteiger partial charge in [-0.15, -0.1) is 0 Å². The molecule has 0 unspecified atom stereocenters. The molecule has 0 bridgehead atoms. The Bertz CT molecular complexity index is 853. The summed E-state index contributed by atoms with van der Waals surface area (Å²) in [4.78, 5) is 50.1. The Morgan fingerprint density at radius 1 is 0.579 bits per heavy atom.